The molecule has 2 heterocycles. The summed E-state index contributed by atoms with van der Waals surface area (Å²) >= 11 is 6.12. The fourth-order valence-electron chi connectivity index (χ4n) is 4.06. The molecule has 9 heteroatoms. The number of imidazole rings is 1. The van der Waals surface area contributed by atoms with Gasteiger partial charge in [-0.2, -0.15) is 4.31 Å². The first kappa shape index (κ1) is 22.8. The summed E-state index contributed by atoms with van der Waals surface area (Å²) in [5, 5.41) is 3.32. The van der Waals surface area contributed by atoms with Crippen LogP contribution in [0.3, 0.4) is 0 Å². The van der Waals surface area contributed by atoms with E-state index in [-0.39, 0.29) is 17.2 Å². The second-order valence-electron chi connectivity index (χ2n) is 7.97. The van der Waals surface area contributed by atoms with Crippen LogP contribution in [0.1, 0.15) is 38.4 Å². The number of hydrogen-bond acceptors (Lipinski definition) is 4. The molecule has 1 aliphatic heterocycles. The highest BCUT2D eigenvalue weighted by Crippen LogP contribution is 2.26. The van der Waals surface area contributed by atoms with Gasteiger partial charge in [0.2, 0.25) is 15.9 Å². The minimum atomic E-state index is -3.50. The first-order valence-corrected chi connectivity index (χ1v) is 12.8. The van der Waals surface area contributed by atoms with E-state index in [1.165, 1.54) is 4.31 Å². The van der Waals surface area contributed by atoms with Crippen molar-refractivity contribution in [1.29, 1.82) is 0 Å². The van der Waals surface area contributed by atoms with Gasteiger partial charge >= 0.3 is 0 Å². The van der Waals surface area contributed by atoms with E-state index in [1.54, 1.807) is 24.3 Å². The van der Waals surface area contributed by atoms with Crippen LogP contribution < -0.4 is 5.32 Å². The van der Waals surface area contributed by atoms with Crippen LogP contribution in [0, 0.1) is 0 Å². The molecule has 0 spiro atoms. The average molecular weight is 475 g/mol. The number of aromatic nitrogens is 2. The van der Waals surface area contributed by atoms with Gasteiger partial charge in [-0.05, 0) is 49.6 Å². The monoisotopic (exact) mass is 474 g/mol. The quantitative estimate of drug-likeness (QED) is 0.522. The third kappa shape index (κ3) is 4.67. The second kappa shape index (κ2) is 9.60. The van der Waals surface area contributed by atoms with Crippen LogP contribution in [-0.4, -0.2) is 41.3 Å². The fraction of sp³-hybridized carbons (Fsp3) is 0.391. The highest BCUT2D eigenvalue weighted by Gasteiger charge is 2.27. The van der Waals surface area contributed by atoms with Crippen LogP contribution in [0.2, 0.25) is 5.02 Å². The molecule has 0 atom stereocenters. The van der Waals surface area contributed by atoms with E-state index >= 15 is 0 Å². The number of halogens is 1. The number of anilines is 1. The van der Waals surface area contributed by atoms with Gasteiger partial charge in [0.1, 0.15) is 5.82 Å². The van der Waals surface area contributed by atoms with E-state index in [4.69, 9.17) is 16.6 Å². The summed E-state index contributed by atoms with van der Waals surface area (Å²) in [7, 11) is -3.50. The molecule has 3 aromatic rings. The molecule has 1 aliphatic rings. The Morgan fingerprint density at radius 1 is 1.16 bits per heavy atom. The number of para-hydroxylation sites is 1. The zero-order valence-electron chi connectivity index (χ0n) is 18.1. The Morgan fingerprint density at radius 3 is 2.62 bits per heavy atom. The molecule has 0 aliphatic carbocycles. The molecule has 0 saturated carbocycles. The lowest BCUT2D eigenvalue weighted by atomic mass is 10.2. The van der Waals surface area contributed by atoms with Gasteiger partial charge in [-0.15, -0.1) is 0 Å². The Hall–Kier alpha value is -2.42. The van der Waals surface area contributed by atoms with E-state index in [0.29, 0.717) is 35.7 Å². The van der Waals surface area contributed by atoms with Gasteiger partial charge in [0.05, 0.1) is 26.6 Å². The number of amides is 1. The molecule has 1 fully saturated rings. The highest BCUT2D eigenvalue weighted by molar-refractivity contribution is 7.89. The summed E-state index contributed by atoms with van der Waals surface area (Å²) in [5.74, 6) is 0.623. The SMILES string of the molecule is CCCn1c(CCC(=O)Nc2ccccc2Cl)nc2cc(S(=O)(=O)N3CCCC3)ccc21. The lowest BCUT2D eigenvalue weighted by Gasteiger charge is -2.15. The van der Waals surface area contributed by atoms with E-state index < -0.39 is 10.0 Å². The van der Waals surface area contributed by atoms with E-state index in [2.05, 4.69) is 16.8 Å². The van der Waals surface area contributed by atoms with Gasteiger partial charge in [0.25, 0.3) is 0 Å². The standard InChI is InChI=1S/C23H27ClN4O3S/c1-2-13-28-21-10-9-17(32(30,31)27-14-5-6-15-27)16-20(21)25-22(28)11-12-23(29)26-19-8-4-3-7-18(19)24/h3-4,7-10,16H,2,5-6,11-15H2,1H3,(H,26,29). The van der Waals surface area contributed by atoms with Gasteiger partial charge in [0.15, 0.2) is 0 Å². The maximum Gasteiger partial charge on any atom is 0.243 e. The first-order chi connectivity index (χ1) is 15.4. The zero-order chi connectivity index (χ0) is 22.7. The number of sulfonamides is 1. The fourth-order valence-corrected chi connectivity index (χ4v) is 5.78. The number of rotatable bonds is 8. The zero-order valence-corrected chi connectivity index (χ0v) is 19.6. The van der Waals surface area contributed by atoms with Crippen molar-refractivity contribution in [2.24, 2.45) is 0 Å². The van der Waals surface area contributed by atoms with Gasteiger partial charge in [-0.3, -0.25) is 4.79 Å². The molecule has 0 bridgehead atoms. The molecule has 1 aromatic heterocycles. The molecule has 170 valence electrons. The van der Waals surface area contributed by atoms with E-state index in [0.717, 1.165) is 37.1 Å². The van der Waals surface area contributed by atoms with Crippen molar-refractivity contribution < 1.29 is 13.2 Å². The second-order valence-corrected chi connectivity index (χ2v) is 10.3. The Balaban J connectivity index is 1.56. The molecule has 1 N–H and O–H groups in total. The van der Waals surface area contributed by atoms with Crippen molar-refractivity contribution in [3.05, 3.63) is 53.3 Å². The van der Waals surface area contributed by atoms with Gasteiger partial charge < -0.3 is 9.88 Å². The summed E-state index contributed by atoms with van der Waals surface area (Å²) in [5.41, 5.74) is 2.10. The molecular formula is C23H27ClN4O3S. The molecule has 0 radical (unpaired) electrons. The highest BCUT2D eigenvalue weighted by atomic mass is 35.5. The summed E-state index contributed by atoms with van der Waals surface area (Å²) in [4.78, 5) is 17.4. The lowest BCUT2D eigenvalue weighted by Crippen LogP contribution is -2.27. The van der Waals surface area contributed by atoms with Crippen LogP contribution in [-0.2, 0) is 27.8 Å². The third-order valence-electron chi connectivity index (χ3n) is 5.67. The van der Waals surface area contributed by atoms with Crippen LogP contribution in [0.25, 0.3) is 11.0 Å². The minimum absolute atomic E-state index is 0.148. The van der Waals surface area contributed by atoms with E-state index in [1.807, 2.05) is 18.2 Å². The van der Waals surface area contributed by atoms with Crippen molar-refractivity contribution >= 4 is 44.3 Å². The Morgan fingerprint density at radius 2 is 1.91 bits per heavy atom. The smallest absolute Gasteiger partial charge is 0.243 e. The number of carbonyl (C=O) groups excluding carboxylic acids is 1. The van der Waals surface area contributed by atoms with Crippen molar-refractivity contribution in [3.8, 4) is 0 Å². The maximum absolute atomic E-state index is 12.9. The lowest BCUT2D eigenvalue weighted by molar-refractivity contribution is -0.116. The number of aryl methyl sites for hydroxylation is 2. The van der Waals surface area contributed by atoms with E-state index in [9.17, 15) is 13.2 Å². The topological polar surface area (TPSA) is 84.3 Å². The van der Waals surface area contributed by atoms with Crippen LogP contribution in [0.5, 0.6) is 0 Å². The summed E-state index contributed by atoms with van der Waals surface area (Å²) in [6, 6.07) is 12.3. The van der Waals surface area contributed by atoms with Crippen molar-refractivity contribution in [1.82, 2.24) is 13.9 Å². The predicted octanol–water partition coefficient (Wildman–Crippen LogP) is 4.46. The number of fused-ring (bicyclic) bond motifs is 1. The van der Waals surface area contributed by atoms with Crippen LogP contribution >= 0.6 is 11.6 Å². The number of benzene rings is 2. The third-order valence-corrected chi connectivity index (χ3v) is 7.90. The Kier molecular flexibility index (Phi) is 6.83. The molecular weight excluding hydrogens is 448 g/mol. The number of nitrogens with zero attached hydrogens (tertiary/aromatic N) is 3. The summed E-state index contributed by atoms with van der Waals surface area (Å²) in [6.07, 6.45) is 3.38. The normalized spacial score (nSPS) is 14.8. The molecule has 1 amide bonds. The van der Waals surface area contributed by atoms with Crippen LogP contribution in [0.15, 0.2) is 47.4 Å². The molecule has 0 unspecified atom stereocenters. The Labute approximate surface area is 193 Å². The number of nitrogens with one attached hydrogen (secondary N) is 1. The molecule has 1 saturated heterocycles. The van der Waals surface area contributed by atoms with Crippen molar-refractivity contribution in [2.45, 2.75) is 50.5 Å². The summed E-state index contributed by atoms with van der Waals surface area (Å²) < 4.78 is 29.5. The number of hydrogen-bond donors (Lipinski definition) is 1. The minimum Gasteiger partial charge on any atom is -0.328 e. The Bertz CT molecular complexity index is 1230. The van der Waals surface area contributed by atoms with Gasteiger partial charge in [-0.25, -0.2) is 13.4 Å². The average Bonchev–Trinajstić information content (AvgIpc) is 3.43. The largest absolute Gasteiger partial charge is 0.328 e. The summed E-state index contributed by atoms with van der Waals surface area (Å²) in [6.45, 7) is 3.95. The maximum atomic E-state index is 12.9. The molecule has 7 nitrogen and oxygen atoms in total. The molecule has 4 rings (SSSR count). The first-order valence-electron chi connectivity index (χ1n) is 10.9. The molecule has 2 aromatic carbocycles. The van der Waals surface area contributed by atoms with Crippen molar-refractivity contribution in [2.75, 3.05) is 18.4 Å². The number of carbonyl (C=O) groups is 1. The van der Waals surface area contributed by atoms with Crippen molar-refractivity contribution in [3.63, 3.8) is 0 Å². The van der Waals surface area contributed by atoms with Gasteiger partial charge in [-0.1, -0.05) is 30.7 Å². The van der Waals surface area contributed by atoms with Gasteiger partial charge in [0, 0.05) is 32.5 Å². The van der Waals surface area contributed by atoms with Crippen LogP contribution in [0.4, 0.5) is 5.69 Å². The predicted molar refractivity (Wildman–Crippen MR) is 126 cm³/mol. The molecule has 32 heavy (non-hydrogen) atoms.